The number of hydrogen-bond acceptors (Lipinski definition) is 23. The summed E-state index contributed by atoms with van der Waals surface area (Å²) in [4.78, 5) is 62.7. The van der Waals surface area contributed by atoms with Gasteiger partial charge < -0.3 is 99.3 Å². The fourth-order valence-corrected chi connectivity index (χ4v) is 13.5. The smallest absolute Gasteiger partial charge is 0.329 e. The minimum atomic E-state index is -4.53. The number of aliphatic carboxylic acids is 1. The van der Waals surface area contributed by atoms with Gasteiger partial charge in [0.05, 0.1) is 92.4 Å². The predicted octanol–water partition coefficient (Wildman–Crippen LogP) is 8.84. The number of cyclic esters (lactones) is 1. The molecule has 3 rings (SSSR count). The van der Waals surface area contributed by atoms with Crippen molar-refractivity contribution in [3.63, 3.8) is 0 Å². The Morgan fingerprint density at radius 3 is 1.69 bits per heavy atom. The Morgan fingerprint density at radius 1 is 0.598 bits per heavy atom. The van der Waals surface area contributed by atoms with Crippen molar-refractivity contribution in [2.45, 2.75) is 325 Å². The highest BCUT2D eigenvalue weighted by atomic mass is 31.2. The summed E-state index contributed by atoms with van der Waals surface area (Å²) in [5, 5.41) is 125. The zero-order valence-corrected chi connectivity index (χ0v) is 62.3. The number of carboxylic acid groups (broad SMARTS) is 1. The first kappa shape index (κ1) is 91.9. The Bertz CT molecular complexity index is 2600. The summed E-state index contributed by atoms with van der Waals surface area (Å²) in [7, 11) is -4.53. The molecule has 0 spiro atoms. The minimum Gasteiger partial charge on any atom is -0.481 e. The summed E-state index contributed by atoms with van der Waals surface area (Å²) < 4.78 is 54.2. The van der Waals surface area contributed by atoms with Crippen LogP contribution in [-0.4, -0.2) is 214 Å². The van der Waals surface area contributed by atoms with Crippen LogP contribution in [0, 0.1) is 17.8 Å². The van der Waals surface area contributed by atoms with Crippen molar-refractivity contribution in [3.8, 4) is 0 Å². The fourth-order valence-electron chi connectivity index (χ4n) is 12.6. The van der Waals surface area contributed by atoms with Gasteiger partial charge in [-0.05, 0) is 46.0 Å². The number of aliphatic hydroxyl groups is 10. The van der Waals surface area contributed by atoms with E-state index in [2.05, 4.69) is 19.2 Å². The Labute approximate surface area is 605 Å². The first-order valence-corrected chi connectivity index (χ1v) is 39.3. The van der Waals surface area contributed by atoms with Crippen LogP contribution in [-0.2, 0) is 56.7 Å². The van der Waals surface area contributed by atoms with Gasteiger partial charge in [-0.1, -0.05) is 215 Å². The van der Waals surface area contributed by atoms with Crippen LogP contribution in [0.15, 0.2) is 85.1 Å². The van der Waals surface area contributed by atoms with Crippen molar-refractivity contribution in [1.29, 1.82) is 0 Å². The molecule has 0 aromatic heterocycles. The standard InChI is InChI=1S/C76H128NO24P/c1-7-9-11-13-15-21-27-31-35-39-66(84)95-51-61(99-67(85)40-36-32-28-22-16-14-12-10-8-2)52-96-102(93,94)44-43-77-70-72(88)56(6)98-75(73(70)89)100-60-38-34-30-26-24-20-18-17-19-23-25-29-33-37-53(3)71(87)54(4)55(5)97-68(86)47-58(79)45-57(78)41-42-62(81)63(82)46-59(80)49-76(92)50-64(83)69(74(90)91)65(48-60)101-76/h17-20,23-26,29-30,33-34,37-38,53-65,69-73,75,77-83,87-89,92H,7-16,21-22,27-28,31-32,35-36,39-52H2,1-6H3,(H,90,91)(H,93,94)/t53-,54-,55-,56+,57+,58+,59-,60-,61+,62+,63+,64-,65-,69+,70-,71+,72+,73-,75-,76+/m0/s1. The molecule has 2 bridgehead atoms. The van der Waals surface area contributed by atoms with E-state index in [1.54, 1.807) is 86.8 Å². The molecular formula is C76H128NO24P. The number of nitrogens with one attached hydrogen (secondary N) is 1. The third-order valence-electron chi connectivity index (χ3n) is 18.9. The third kappa shape index (κ3) is 38.8. The number of aliphatic hydroxyl groups excluding tert-OH is 9. The van der Waals surface area contributed by atoms with Crippen molar-refractivity contribution in [3.05, 3.63) is 85.1 Å². The van der Waals surface area contributed by atoms with Gasteiger partial charge in [0, 0.05) is 56.9 Å². The Hall–Kier alpha value is -4.35. The van der Waals surface area contributed by atoms with Crippen molar-refractivity contribution in [2.24, 2.45) is 17.8 Å². The van der Waals surface area contributed by atoms with Gasteiger partial charge in [0.15, 0.2) is 18.2 Å². The van der Waals surface area contributed by atoms with E-state index < -0.39 is 198 Å². The predicted molar refractivity (Wildman–Crippen MR) is 386 cm³/mol. The number of unbranched alkanes of at least 4 members (excludes halogenated alkanes) is 16. The van der Waals surface area contributed by atoms with Crippen LogP contribution in [0.2, 0.25) is 0 Å². The molecule has 0 saturated carbocycles. The highest BCUT2D eigenvalue weighted by Gasteiger charge is 2.51. The van der Waals surface area contributed by atoms with Gasteiger partial charge in [-0.15, -0.1) is 0 Å². The molecule has 3 aliphatic rings. The highest BCUT2D eigenvalue weighted by Crippen LogP contribution is 2.42. The molecule has 2 fully saturated rings. The largest absolute Gasteiger partial charge is 0.481 e. The molecule has 21 atom stereocenters. The van der Waals surface area contributed by atoms with Crippen LogP contribution >= 0.6 is 7.60 Å². The van der Waals surface area contributed by atoms with Crippen LogP contribution in [0.4, 0.5) is 0 Å². The second-order valence-electron chi connectivity index (χ2n) is 28.1. The minimum absolute atomic E-state index is 0.0939. The average Bonchev–Trinajstić information content (AvgIpc) is 0.788. The number of carboxylic acids is 1. The molecule has 102 heavy (non-hydrogen) atoms. The van der Waals surface area contributed by atoms with Crippen molar-refractivity contribution < 1.29 is 118 Å². The van der Waals surface area contributed by atoms with E-state index in [1.165, 1.54) is 70.4 Å². The summed E-state index contributed by atoms with van der Waals surface area (Å²) >= 11 is 0. The van der Waals surface area contributed by atoms with Crippen LogP contribution in [0.25, 0.3) is 0 Å². The summed E-state index contributed by atoms with van der Waals surface area (Å²) in [6.07, 6.45) is 18.2. The quantitative estimate of drug-likeness (QED) is 0.0126. The molecule has 25 nitrogen and oxygen atoms in total. The zero-order chi connectivity index (χ0) is 75.5. The molecule has 26 heteroatoms. The number of hydrogen-bond donors (Lipinski definition) is 13. The number of esters is 3. The van der Waals surface area contributed by atoms with Crippen LogP contribution in [0.1, 0.15) is 221 Å². The molecule has 2 saturated heterocycles. The number of fused-ring (bicyclic) bond motifs is 2. The maximum Gasteiger partial charge on any atom is 0.329 e. The van der Waals surface area contributed by atoms with Gasteiger partial charge in [-0.3, -0.25) is 23.7 Å². The topological polar surface area (TPSA) is 405 Å². The molecule has 0 amide bonds. The van der Waals surface area contributed by atoms with E-state index in [9.17, 15) is 84.8 Å². The van der Waals surface area contributed by atoms with Crippen molar-refractivity contribution in [2.75, 3.05) is 25.9 Å². The van der Waals surface area contributed by atoms with E-state index >= 15 is 0 Å². The number of allylic oxidation sites excluding steroid dienone is 12. The SMILES string of the molecule is CCCCCCCCCCCC(=O)OC[C@H](COP(=O)(O)CCN[C@@H]1[C@H](O)[C@H](O[C@H]2C=CC=CC=CC=CC=CC=CC=C[C@H](C)[C@@H](O)[C@@H](C)[C@H](C)OC(=O)C[C@H](O)C[C@H](O)CC[C@@H](O)[C@H](O)C[C@H](O)C[C@]3(O)C[C@H](O)[C@@H](C(=O)O)[C@H](C2)O3)O[C@H](C)[C@H]1O)OC(=O)CCCCCCCCCCC. The molecule has 0 aromatic carbocycles. The van der Waals surface area contributed by atoms with E-state index in [4.69, 9.17) is 32.9 Å². The molecule has 3 heterocycles. The van der Waals surface area contributed by atoms with E-state index in [0.717, 1.165) is 51.4 Å². The van der Waals surface area contributed by atoms with E-state index in [1.807, 2.05) is 6.92 Å². The molecule has 0 radical (unpaired) electrons. The second kappa shape index (κ2) is 51.8. The molecule has 13 N–H and O–H groups in total. The Balaban J connectivity index is 1.83. The summed E-state index contributed by atoms with van der Waals surface area (Å²) in [5.41, 5.74) is 0. The number of rotatable bonds is 33. The van der Waals surface area contributed by atoms with Gasteiger partial charge in [0.1, 0.15) is 24.7 Å². The normalized spacial score (nSPS) is 32.0. The van der Waals surface area contributed by atoms with Gasteiger partial charge in [0.25, 0.3) is 0 Å². The lowest BCUT2D eigenvalue weighted by Crippen LogP contribution is -2.63. The molecule has 3 aliphatic heterocycles. The number of carbonyl (C=O) groups excluding carboxylic acids is 3. The Kier molecular flexibility index (Phi) is 46.7. The number of carbonyl (C=O) groups is 4. The first-order valence-electron chi connectivity index (χ1n) is 37.6. The van der Waals surface area contributed by atoms with Crippen LogP contribution in [0.3, 0.4) is 0 Å². The zero-order valence-electron chi connectivity index (χ0n) is 61.4. The highest BCUT2D eigenvalue weighted by molar-refractivity contribution is 7.52. The second-order valence-corrected chi connectivity index (χ2v) is 30.1. The first-order chi connectivity index (χ1) is 48.6. The molecule has 1 unspecified atom stereocenters. The van der Waals surface area contributed by atoms with E-state index in [-0.39, 0.29) is 44.6 Å². The van der Waals surface area contributed by atoms with Crippen molar-refractivity contribution in [1.82, 2.24) is 5.32 Å². The van der Waals surface area contributed by atoms with Crippen LogP contribution in [0.5, 0.6) is 0 Å². The molecule has 586 valence electrons. The van der Waals surface area contributed by atoms with Gasteiger partial charge in [0.2, 0.25) is 0 Å². The van der Waals surface area contributed by atoms with Gasteiger partial charge >= 0.3 is 31.5 Å². The average molecular weight is 1470 g/mol. The maximum atomic E-state index is 13.6. The number of ether oxygens (including phenoxy) is 6. The molecular weight excluding hydrogens is 1340 g/mol. The lowest BCUT2D eigenvalue weighted by molar-refractivity contribution is -0.309. The van der Waals surface area contributed by atoms with Crippen LogP contribution < -0.4 is 5.32 Å². The van der Waals surface area contributed by atoms with Crippen molar-refractivity contribution >= 4 is 31.5 Å². The lowest BCUT2D eigenvalue weighted by Gasteiger charge is -2.45. The summed E-state index contributed by atoms with van der Waals surface area (Å²) in [5.74, 6) is -8.29. The van der Waals surface area contributed by atoms with Gasteiger partial charge in [-0.2, -0.15) is 0 Å². The summed E-state index contributed by atoms with van der Waals surface area (Å²) in [6, 6.07) is -1.29. The third-order valence-corrected chi connectivity index (χ3v) is 20.2. The molecule has 0 aromatic rings. The Morgan fingerprint density at radius 2 is 1.13 bits per heavy atom. The lowest BCUT2D eigenvalue weighted by atomic mass is 9.82. The molecule has 0 aliphatic carbocycles. The maximum absolute atomic E-state index is 13.6. The van der Waals surface area contributed by atoms with E-state index in [0.29, 0.717) is 12.8 Å². The van der Waals surface area contributed by atoms with Gasteiger partial charge in [-0.25, -0.2) is 0 Å². The fraction of sp³-hybridized carbons (Fsp3) is 0.763. The monoisotopic (exact) mass is 1470 g/mol. The summed E-state index contributed by atoms with van der Waals surface area (Å²) in [6.45, 7) is 9.69.